The van der Waals surface area contributed by atoms with Gasteiger partial charge in [0.25, 0.3) is 0 Å². The quantitative estimate of drug-likeness (QED) is 0.179. The average Bonchev–Trinajstić information content (AvgIpc) is 3.90. The van der Waals surface area contributed by atoms with Gasteiger partial charge >= 0.3 is 12.2 Å². The minimum Gasteiger partial charge on any atom is -0.497 e. The van der Waals surface area contributed by atoms with Gasteiger partial charge in [-0.3, -0.25) is 19.8 Å². The zero-order chi connectivity index (χ0) is 48.3. The Balaban J connectivity index is 0.000000247. The molecule has 0 aromatic heterocycles. The van der Waals surface area contributed by atoms with Gasteiger partial charge in [0, 0.05) is 24.9 Å². The molecule has 0 radical (unpaired) electrons. The van der Waals surface area contributed by atoms with E-state index in [0.29, 0.717) is 30.1 Å². The molecule has 2 amide bonds. The van der Waals surface area contributed by atoms with Crippen molar-refractivity contribution in [2.75, 3.05) is 33.9 Å². The molecule has 0 aliphatic carbocycles. The van der Waals surface area contributed by atoms with Crippen LogP contribution in [0.4, 0.5) is 9.59 Å². The van der Waals surface area contributed by atoms with Crippen molar-refractivity contribution < 1.29 is 52.6 Å². The number of rotatable bonds is 14. The van der Waals surface area contributed by atoms with E-state index in [9.17, 15) is 14.7 Å². The highest BCUT2D eigenvalue weighted by Crippen LogP contribution is 2.43. The van der Waals surface area contributed by atoms with E-state index in [2.05, 4.69) is 27.0 Å². The van der Waals surface area contributed by atoms with Gasteiger partial charge in [0.2, 0.25) is 0 Å². The molecule has 66 heavy (non-hydrogen) atoms. The summed E-state index contributed by atoms with van der Waals surface area (Å²) >= 11 is 2.80. The van der Waals surface area contributed by atoms with E-state index in [1.165, 1.54) is 33.3 Å². The predicted octanol–water partition coefficient (Wildman–Crippen LogP) is 9.07. The van der Waals surface area contributed by atoms with E-state index in [1.54, 1.807) is 26.4 Å². The third-order valence-corrected chi connectivity index (χ3v) is 13.4. The number of amidine groups is 2. The van der Waals surface area contributed by atoms with E-state index in [-0.39, 0.29) is 72.4 Å². The summed E-state index contributed by atoms with van der Waals surface area (Å²) in [6, 6.07) is 15.0. The second-order valence-corrected chi connectivity index (χ2v) is 20.6. The van der Waals surface area contributed by atoms with Gasteiger partial charge in [-0.25, -0.2) is 9.59 Å². The zero-order valence-electron chi connectivity index (χ0n) is 40.3. The number of carbonyl (C=O) groups is 2. The molecule has 17 heteroatoms. The molecule has 2 aromatic rings. The summed E-state index contributed by atoms with van der Waals surface area (Å²) in [5, 5.41) is 11.0. The van der Waals surface area contributed by atoms with Crippen molar-refractivity contribution in [3.8, 4) is 11.5 Å². The molecular formula is C49H70N4O11S2. The van der Waals surface area contributed by atoms with Gasteiger partial charge in [-0.15, -0.1) is 13.2 Å². The van der Waals surface area contributed by atoms with Gasteiger partial charge < -0.3 is 43.0 Å². The van der Waals surface area contributed by atoms with Crippen LogP contribution in [0.15, 0.2) is 83.8 Å². The molecule has 15 nitrogen and oxygen atoms in total. The first-order valence-electron chi connectivity index (χ1n) is 22.5. The van der Waals surface area contributed by atoms with Crippen LogP contribution >= 0.6 is 23.5 Å². The monoisotopic (exact) mass is 954 g/mol. The minimum atomic E-state index is -0.635. The first kappa shape index (κ1) is 52.9. The highest BCUT2D eigenvalue weighted by atomic mass is 32.2. The molecule has 4 heterocycles. The number of amides is 2. The van der Waals surface area contributed by atoms with Crippen LogP contribution in [0.3, 0.4) is 0 Å². The molecule has 4 aliphatic heterocycles. The van der Waals surface area contributed by atoms with Crippen LogP contribution in [-0.4, -0.2) is 130 Å². The Hall–Kier alpha value is -4.10. The van der Waals surface area contributed by atoms with Gasteiger partial charge in [0.05, 0.1) is 58.5 Å². The highest BCUT2D eigenvalue weighted by molar-refractivity contribution is 8.14. The molecular weight excluding hydrogens is 885 g/mol. The maximum atomic E-state index is 12.9. The summed E-state index contributed by atoms with van der Waals surface area (Å²) in [5.74, 6) is 1.67. The fourth-order valence-corrected chi connectivity index (χ4v) is 10.2. The molecule has 10 atom stereocenters. The van der Waals surface area contributed by atoms with Gasteiger partial charge in [0.1, 0.15) is 45.7 Å². The maximum absolute atomic E-state index is 12.9. The van der Waals surface area contributed by atoms with Crippen LogP contribution < -0.4 is 9.47 Å². The summed E-state index contributed by atoms with van der Waals surface area (Å²) in [7, 11) is 3.28. The molecule has 364 valence electrons. The minimum absolute atomic E-state index is 0.0588. The Bertz CT molecular complexity index is 1850. The number of hydrogen-bond donors (Lipinski definition) is 1. The van der Waals surface area contributed by atoms with Crippen LogP contribution in [0.25, 0.3) is 0 Å². The van der Waals surface area contributed by atoms with E-state index in [0.717, 1.165) is 29.0 Å². The SMILES string of the molecule is C=CCN(C(=O)OC(C)(C)C)C1=N[C@@H]2[C@@H](OCc3ccc(OC)cc3)[C@H](C)[C@@H](CC)O[C@@H]2S1.C=CCN(C(=O)OC(C)(C)C)C1=N[C@@H]2[C@@H](OCc3ccc(OC)cc3)[C@H](C)[C@@H](CO)O[C@@H]2S1. The molecule has 2 fully saturated rings. The van der Waals surface area contributed by atoms with E-state index >= 15 is 0 Å². The number of hydrogen-bond acceptors (Lipinski definition) is 15. The normalized spacial score (nSPS) is 26.8. The van der Waals surface area contributed by atoms with E-state index < -0.39 is 23.4 Å². The van der Waals surface area contributed by atoms with Gasteiger partial charge in [0.15, 0.2) is 10.3 Å². The number of aliphatic hydroxyl groups is 1. The third kappa shape index (κ3) is 14.0. The molecule has 2 saturated heterocycles. The Morgan fingerprint density at radius 3 is 1.41 bits per heavy atom. The van der Waals surface area contributed by atoms with Crippen molar-refractivity contribution >= 4 is 46.0 Å². The Morgan fingerprint density at radius 1 is 0.697 bits per heavy atom. The average molecular weight is 955 g/mol. The molecule has 6 rings (SSSR count). The Morgan fingerprint density at radius 2 is 1.08 bits per heavy atom. The molecule has 0 saturated carbocycles. The van der Waals surface area contributed by atoms with Crippen molar-refractivity contribution in [3.05, 3.63) is 85.0 Å². The lowest BCUT2D eigenvalue weighted by Gasteiger charge is -2.41. The number of aliphatic imine (C=N–C) groups is 2. The fraction of sp³-hybridized carbons (Fsp3) is 0.592. The molecule has 1 N–H and O–H groups in total. The summed E-state index contributed by atoms with van der Waals surface area (Å²) in [4.78, 5) is 38.4. The fourth-order valence-electron chi connectivity index (χ4n) is 7.72. The van der Waals surface area contributed by atoms with Crippen molar-refractivity contribution in [1.29, 1.82) is 0 Å². The van der Waals surface area contributed by atoms with E-state index in [1.807, 2.05) is 97.0 Å². The molecule has 0 bridgehead atoms. The largest absolute Gasteiger partial charge is 0.497 e. The number of fused-ring (bicyclic) bond motifs is 2. The highest BCUT2D eigenvalue weighted by Gasteiger charge is 2.51. The number of carbonyl (C=O) groups excluding carboxylic acids is 2. The smallest absolute Gasteiger partial charge is 0.416 e. The maximum Gasteiger partial charge on any atom is 0.416 e. The Kier molecular flexibility index (Phi) is 19.0. The summed E-state index contributed by atoms with van der Waals surface area (Å²) in [6.45, 7) is 26.1. The van der Waals surface area contributed by atoms with E-state index in [4.69, 9.17) is 47.9 Å². The molecule has 4 aliphatic rings. The number of thioether (sulfide) groups is 2. The van der Waals surface area contributed by atoms with Gasteiger partial charge in [-0.1, -0.05) is 80.7 Å². The second-order valence-electron chi connectivity index (χ2n) is 18.4. The second kappa shape index (κ2) is 23.8. The molecule has 0 spiro atoms. The number of benzene rings is 2. The summed E-state index contributed by atoms with van der Waals surface area (Å²) < 4.78 is 46.9. The first-order valence-corrected chi connectivity index (χ1v) is 24.2. The Labute approximate surface area is 399 Å². The summed E-state index contributed by atoms with van der Waals surface area (Å²) in [5.41, 5.74) is 0.250. The zero-order valence-corrected chi connectivity index (χ0v) is 42.0. The number of aliphatic hydroxyl groups excluding tert-OH is 1. The van der Waals surface area contributed by atoms with Gasteiger partial charge in [-0.05, 0) is 83.4 Å². The topological polar surface area (TPSA) is 159 Å². The molecule has 2 aromatic carbocycles. The number of methoxy groups -OCH3 is 2. The van der Waals surface area contributed by atoms with Crippen molar-refractivity contribution in [1.82, 2.24) is 9.80 Å². The number of ether oxygens (including phenoxy) is 8. The molecule has 0 unspecified atom stereocenters. The number of nitrogens with zero attached hydrogens (tertiary/aromatic N) is 4. The van der Waals surface area contributed by atoms with Crippen molar-refractivity contribution in [3.63, 3.8) is 0 Å². The predicted molar refractivity (Wildman–Crippen MR) is 260 cm³/mol. The lowest BCUT2D eigenvalue weighted by atomic mass is 9.88. The van der Waals surface area contributed by atoms with Crippen LogP contribution in [0.1, 0.15) is 79.9 Å². The van der Waals surface area contributed by atoms with Crippen LogP contribution in [0, 0.1) is 11.8 Å². The standard InChI is InChI=1S/C25H36N2O5S.C24H34N2O6S/c1-8-14-27(24(28)32-25(4,5)6)23-26-20-21(16(3)19(9-2)31-22(20)33-23)30-15-17-10-12-18(29-7)13-11-17;1-7-12-26(23(28)32-24(3,4)5)22-25-19-20(15(2)18(13-27)31-21(19)33-22)30-14-16-8-10-17(29-6)11-9-16/h8,10-13,16,19-22H,1,9,14-15H2,2-7H3;7-11,15,18-21,27H,1,12-14H2,2-6H3/t16-,19-,20-,21+,22-;15-,18-,19-,20+,21-/m11/s1. The third-order valence-electron chi connectivity index (χ3n) is 11.1. The lowest BCUT2D eigenvalue weighted by molar-refractivity contribution is -0.148. The van der Waals surface area contributed by atoms with Crippen LogP contribution in [-0.2, 0) is 41.6 Å². The first-order chi connectivity index (χ1) is 31.3. The van der Waals surface area contributed by atoms with Crippen molar-refractivity contribution in [2.45, 2.75) is 141 Å². The van der Waals surface area contributed by atoms with Gasteiger partial charge in [-0.2, -0.15) is 0 Å². The van der Waals surface area contributed by atoms with Crippen LogP contribution in [0.5, 0.6) is 11.5 Å². The van der Waals surface area contributed by atoms with Crippen LogP contribution in [0.2, 0.25) is 0 Å². The summed E-state index contributed by atoms with van der Waals surface area (Å²) in [6.07, 6.45) is 2.50. The van der Waals surface area contributed by atoms with Crippen molar-refractivity contribution in [2.24, 2.45) is 21.8 Å². The lowest BCUT2D eigenvalue weighted by Crippen LogP contribution is -2.52.